The Kier molecular flexibility index (Phi) is 6.88. The highest BCUT2D eigenvalue weighted by atomic mass is 16.7. The van der Waals surface area contributed by atoms with Gasteiger partial charge in [0, 0.05) is 19.1 Å². The fraction of sp³-hybridized carbons (Fsp3) is 0.417. The number of hydrogen-bond acceptors (Lipinski definition) is 4. The Labute approximate surface area is 168 Å². The van der Waals surface area contributed by atoms with Crippen molar-refractivity contribution in [3.05, 3.63) is 71.8 Å². The standard InChI is InChI=1S/C24H29NO3/c1-19(23(26)15-14-22-18-27-24(2,3)28-22)25(16-20-10-6-4-7-11-20)17-21-12-8-5-9-13-21/h4-13,19,22-23,26H,16-18H2,1-3H3/t19-,22+,23+/m0/s1. The molecule has 0 spiro atoms. The molecular formula is C24H29NO3. The molecule has 1 saturated heterocycles. The molecule has 4 nitrogen and oxygen atoms in total. The molecular weight excluding hydrogens is 350 g/mol. The third-order valence-electron chi connectivity index (χ3n) is 4.89. The molecule has 148 valence electrons. The summed E-state index contributed by atoms with van der Waals surface area (Å²) in [5.41, 5.74) is 2.42. The first-order valence-electron chi connectivity index (χ1n) is 9.76. The first kappa shape index (κ1) is 20.6. The number of nitrogens with zero attached hydrogens (tertiary/aromatic N) is 1. The molecule has 4 heteroatoms. The molecule has 0 unspecified atom stereocenters. The summed E-state index contributed by atoms with van der Waals surface area (Å²) in [5, 5.41) is 10.7. The highest BCUT2D eigenvalue weighted by molar-refractivity contribution is 5.19. The minimum absolute atomic E-state index is 0.136. The van der Waals surface area contributed by atoms with Crippen molar-refractivity contribution >= 4 is 0 Å². The molecule has 0 bridgehead atoms. The zero-order chi connectivity index (χ0) is 20.0. The predicted octanol–water partition coefficient (Wildman–Crippen LogP) is 3.59. The molecule has 3 rings (SSSR count). The van der Waals surface area contributed by atoms with Gasteiger partial charge in [-0.3, -0.25) is 4.90 Å². The SMILES string of the molecule is C[C@@H]([C@H](O)C#C[C@@H]1COC(C)(C)O1)N(Cc1ccccc1)Cc1ccccc1. The predicted molar refractivity (Wildman–Crippen MR) is 110 cm³/mol. The lowest BCUT2D eigenvalue weighted by atomic mass is 10.1. The van der Waals surface area contributed by atoms with Crippen molar-refractivity contribution in [1.82, 2.24) is 4.90 Å². The van der Waals surface area contributed by atoms with Crippen LogP contribution in [0.4, 0.5) is 0 Å². The highest BCUT2D eigenvalue weighted by Crippen LogP contribution is 2.22. The van der Waals surface area contributed by atoms with Crippen molar-refractivity contribution < 1.29 is 14.6 Å². The molecule has 1 aliphatic heterocycles. The van der Waals surface area contributed by atoms with E-state index in [1.165, 1.54) is 11.1 Å². The zero-order valence-corrected chi connectivity index (χ0v) is 16.8. The Morgan fingerprint density at radius 2 is 1.57 bits per heavy atom. The topological polar surface area (TPSA) is 41.9 Å². The van der Waals surface area contributed by atoms with Gasteiger partial charge in [0.15, 0.2) is 5.79 Å². The lowest BCUT2D eigenvalue weighted by Gasteiger charge is -2.30. The van der Waals surface area contributed by atoms with Crippen LogP contribution in [0.1, 0.15) is 31.9 Å². The normalized spacial score (nSPS) is 20.4. The van der Waals surface area contributed by atoms with E-state index in [0.29, 0.717) is 6.61 Å². The number of rotatable bonds is 6. The second-order valence-corrected chi connectivity index (χ2v) is 7.67. The third-order valence-corrected chi connectivity index (χ3v) is 4.89. The van der Waals surface area contributed by atoms with Gasteiger partial charge in [-0.25, -0.2) is 0 Å². The molecule has 0 radical (unpaired) electrons. The van der Waals surface area contributed by atoms with E-state index in [-0.39, 0.29) is 12.1 Å². The molecule has 0 saturated carbocycles. The van der Waals surface area contributed by atoms with Gasteiger partial charge in [0.2, 0.25) is 0 Å². The van der Waals surface area contributed by atoms with Crippen LogP contribution in [0, 0.1) is 11.8 Å². The zero-order valence-electron chi connectivity index (χ0n) is 16.8. The summed E-state index contributed by atoms with van der Waals surface area (Å²) >= 11 is 0. The van der Waals surface area contributed by atoms with E-state index in [1.54, 1.807) is 0 Å². The van der Waals surface area contributed by atoms with Crippen molar-refractivity contribution in [3.8, 4) is 11.8 Å². The quantitative estimate of drug-likeness (QED) is 0.779. The van der Waals surface area contributed by atoms with Crippen LogP contribution in [0.3, 0.4) is 0 Å². The maximum atomic E-state index is 10.7. The first-order valence-corrected chi connectivity index (χ1v) is 9.76. The van der Waals surface area contributed by atoms with E-state index in [1.807, 2.05) is 57.2 Å². The van der Waals surface area contributed by atoms with Gasteiger partial charge in [-0.1, -0.05) is 72.5 Å². The highest BCUT2D eigenvalue weighted by Gasteiger charge is 2.31. The molecule has 1 N–H and O–H groups in total. The second kappa shape index (κ2) is 9.36. The number of ether oxygens (including phenoxy) is 2. The summed E-state index contributed by atoms with van der Waals surface area (Å²) in [6.07, 6.45) is -1.08. The minimum atomic E-state index is -0.778. The molecule has 1 fully saturated rings. The maximum Gasteiger partial charge on any atom is 0.164 e. The van der Waals surface area contributed by atoms with Crippen molar-refractivity contribution in [3.63, 3.8) is 0 Å². The maximum absolute atomic E-state index is 10.7. The van der Waals surface area contributed by atoms with Crippen LogP contribution in [-0.2, 0) is 22.6 Å². The fourth-order valence-electron chi connectivity index (χ4n) is 3.24. The second-order valence-electron chi connectivity index (χ2n) is 7.67. The van der Waals surface area contributed by atoms with Crippen LogP contribution in [-0.4, -0.2) is 40.7 Å². The van der Waals surface area contributed by atoms with Crippen molar-refractivity contribution in [1.29, 1.82) is 0 Å². The minimum Gasteiger partial charge on any atom is -0.379 e. The van der Waals surface area contributed by atoms with Gasteiger partial charge in [-0.2, -0.15) is 0 Å². The monoisotopic (exact) mass is 379 g/mol. The summed E-state index contributed by atoms with van der Waals surface area (Å²) in [5.74, 6) is 5.39. The van der Waals surface area contributed by atoms with Gasteiger partial charge in [-0.15, -0.1) is 0 Å². The van der Waals surface area contributed by atoms with Crippen LogP contribution in [0.2, 0.25) is 0 Å². The number of aliphatic hydroxyl groups is 1. The van der Waals surface area contributed by atoms with E-state index in [4.69, 9.17) is 9.47 Å². The molecule has 0 aromatic heterocycles. The van der Waals surface area contributed by atoms with Crippen LogP contribution < -0.4 is 0 Å². The molecule has 3 atom stereocenters. The van der Waals surface area contributed by atoms with E-state index in [2.05, 4.69) is 41.0 Å². The van der Waals surface area contributed by atoms with Gasteiger partial charge in [0.25, 0.3) is 0 Å². The average Bonchev–Trinajstić information content (AvgIpc) is 3.05. The Morgan fingerprint density at radius 1 is 1.04 bits per heavy atom. The van der Waals surface area contributed by atoms with E-state index in [9.17, 15) is 5.11 Å². The van der Waals surface area contributed by atoms with Gasteiger partial charge < -0.3 is 14.6 Å². The van der Waals surface area contributed by atoms with Gasteiger partial charge >= 0.3 is 0 Å². The van der Waals surface area contributed by atoms with Crippen LogP contribution in [0.5, 0.6) is 0 Å². The van der Waals surface area contributed by atoms with Gasteiger partial charge in [-0.05, 0) is 31.9 Å². The van der Waals surface area contributed by atoms with Crippen molar-refractivity contribution in [2.45, 2.75) is 57.9 Å². The molecule has 28 heavy (non-hydrogen) atoms. The summed E-state index contributed by atoms with van der Waals surface area (Å²) in [6, 6.07) is 20.5. The van der Waals surface area contributed by atoms with Crippen molar-refractivity contribution in [2.24, 2.45) is 0 Å². The van der Waals surface area contributed by atoms with E-state index >= 15 is 0 Å². The molecule has 0 amide bonds. The Bertz CT molecular complexity index is 753. The molecule has 0 aliphatic carbocycles. The van der Waals surface area contributed by atoms with Crippen molar-refractivity contribution in [2.75, 3.05) is 6.61 Å². The molecule has 2 aromatic carbocycles. The number of aliphatic hydroxyl groups excluding tert-OH is 1. The lowest BCUT2D eigenvalue weighted by molar-refractivity contribution is -0.132. The lowest BCUT2D eigenvalue weighted by Crippen LogP contribution is -2.40. The Balaban J connectivity index is 1.71. The fourth-order valence-corrected chi connectivity index (χ4v) is 3.24. The molecule has 1 aliphatic rings. The number of benzene rings is 2. The average molecular weight is 380 g/mol. The molecule has 1 heterocycles. The van der Waals surface area contributed by atoms with E-state index in [0.717, 1.165) is 13.1 Å². The smallest absolute Gasteiger partial charge is 0.164 e. The van der Waals surface area contributed by atoms with Crippen LogP contribution >= 0.6 is 0 Å². The summed E-state index contributed by atoms with van der Waals surface area (Å²) in [7, 11) is 0. The summed E-state index contributed by atoms with van der Waals surface area (Å²) in [4.78, 5) is 2.25. The molecule has 2 aromatic rings. The number of hydrogen-bond donors (Lipinski definition) is 1. The largest absolute Gasteiger partial charge is 0.379 e. The van der Waals surface area contributed by atoms with Gasteiger partial charge in [0.05, 0.1) is 6.61 Å². The summed E-state index contributed by atoms with van der Waals surface area (Å²) in [6.45, 7) is 7.67. The van der Waals surface area contributed by atoms with Crippen LogP contribution in [0.15, 0.2) is 60.7 Å². The van der Waals surface area contributed by atoms with E-state index < -0.39 is 11.9 Å². The Hall–Kier alpha value is -2.16. The van der Waals surface area contributed by atoms with Crippen LogP contribution in [0.25, 0.3) is 0 Å². The third kappa shape index (κ3) is 5.92. The van der Waals surface area contributed by atoms with Gasteiger partial charge in [0.1, 0.15) is 12.2 Å². The Morgan fingerprint density at radius 3 is 2.04 bits per heavy atom. The first-order chi connectivity index (χ1) is 13.4. The summed E-state index contributed by atoms with van der Waals surface area (Å²) < 4.78 is 11.2.